The second-order valence-corrected chi connectivity index (χ2v) is 7.67. The average Bonchev–Trinajstić information content (AvgIpc) is 2.84. The monoisotopic (exact) mass is 411 g/mol. The molecule has 0 saturated carbocycles. The zero-order chi connectivity index (χ0) is 21.2. The number of carbonyl (C=O) groups is 1. The van der Waals surface area contributed by atoms with Gasteiger partial charge in [-0.3, -0.25) is 4.79 Å². The van der Waals surface area contributed by atoms with Crippen LogP contribution in [0, 0.1) is 0 Å². The first-order valence-corrected chi connectivity index (χ1v) is 10.4. The fourth-order valence-corrected chi connectivity index (χ4v) is 4.12. The molecule has 0 spiro atoms. The number of piperidine rings is 1. The highest BCUT2D eigenvalue weighted by Crippen LogP contribution is 2.29. The summed E-state index contributed by atoms with van der Waals surface area (Å²) in [5.74, 6) is 0.780. The Morgan fingerprint density at radius 3 is 2.48 bits per heavy atom. The highest BCUT2D eigenvalue weighted by atomic mass is 16.2. The molecule has 7 nitrogen and oxygen atoms in total. The maximum absolute atomic E-state index is 13.1. The number of benzene rings is 2. The Hall–Kier alpha value is -3.87. The Balaban J connectivity index is 1.34. The molecule has 4 aromatic rings. The van der Waals surface area contributed by atoms with Gasteiger partial charge in [0.05, 0.1) is 5.52 Å². The second kappa shape index (κ2) is 8.10. The Labute approximate surface area is 178 Å². The van der Waals surface area contributed by atoms with Crippen molar-refractivity contribution in [1.29, 1.82) is 0 Å². The summed E-state index contributed by atoms with van der Waals surface area (Å²) >= 11 is 0. The van der Waals surface area contributed by atoms with Gasteiger partial charge in [-0.2, -0.15) is 4.98 Å². The number of carbonyl (C=O) groups excluding carboxylic acids is 1. The highest BCUT2D eigenvalue weighted by molar-refractivity contribution is 6.04. The molecule has 154 valence electrons. The third-order valence-electron chi connectivity index (χ3n) is 5.75. The van der Waals surface area contributed by atoms with Crippen molar-refractivity contribution in [1.82, 2.24) is 24.8 Å². The van der Waals surface area contributed by atoms with Gasteiger partial charge >= 0.3 is 5.69 Å². The second-order valence-electron chi connectivity index (χ2n) is 7.67. The number of H-pyrrole nitrogens is 1. The van der Waals surface area contributed by atoms with Gasteiger partial charge in [-0.1, -0.05) is 48.5 Å². The van der Waals surface area contributed by atoms with Crippen molar-refractivity contribution in [2.24, 2.45) is 0 Å². The first-order valence-electron chi connectivity index (χ1n) is 10.4. The van der Waals surface area contributed by atoms with Crippen molar-refractivity contribution in [2.75, 3.05) is 13.1 Å². The summed E-state index contributed by atoms with van der Waals surface area (Å²) < 4.78 is 0. The molecule has 1 N–H and O–H groups in total. The van der Waals surface area contributed by atoms with Gasteiger partial charge in [0.15, 0.2) is 5.82 Å². The van der Waals surface area contributed by atoms with Crippen molar-refractivity contribution in [3.63, 3.8) is 0 Å². The summed E-state index contributed by atoms with van der Waals surface area (Å²) in [6.45, 7) is 1.19. The van der Waals surface area contributed by atoms with Gasteiger partial charge in [-0.15, -0.1) is 0 Å². The predicted octanol–water partition coefficient (Wildman–Crippen LogP) is 3.40. The summed E-state index contributed by atoms with van der Waals surface area (Å²) in [4.78, 5) is 42.7. The molecule has 31 heavy (non-hydrogen) atoms. The summed E-state index contributed by atoms with van der Waals surface area (Å²) in [6, 6.07) is 19.1. The van der Waals surface area contributed by atoms with Crippen LogP contribution in [0.5, 0.6) is 0 Å². The van der Waals surface area contributed by atoms with Crippen LogP contribution in [0.25, 0.3) is 22.3 Å². The molecule has 0 aliphatic carbocycles. The van der Waals surface area contributed by atoms with Crippen LogP contribution in [0.15, 0.2) is 71.7 Å². The average molecular weight is 411 g/mol. The minimum atomic E-state index is -0.508. The number of nitrogens with one attached hydrogen (secondary N) is 1. The van der Waals surface area contributed by atoms with Crippen LogP contribution >= 0.6 is 0 Å². The van der Waals surface area contributed by atoms with Crippen molar-refractivity contribution in [2.45, 2.75) is 18.8 Å². The van der Waals surface area contributed by atoms with Crippen molar-refractivity contribution >= 4 is 16.8 Å². The number of aromatic amines is 1. The van der Waals surface area contributed by atoms with Crippen LogP contribution in [-0.2, 0) is 0 Å². The third-order valence-corrected chi connectivity index (χ3v) is 5.75. The molecule has 2 aromatic carbocycles. The Morgan fingerprint density at radius 2 is 1.68 bits per heavy atom. The number of hydrogen-bond acceptors (Lipinski definition) is 5. The first kappa shape index (κ1) is 19.1. The number of fused-ring (bicyclic) bond motifs is 1. The van der Waals surface area contributed by atoms with E-state index in [4.69, 9.17) is 4.98 Å². The summed E-state index contributed by atoms with van der Waals surface area (Å²) in [7, 11) is 0. The molecule has 1 fully saturated rings. The smallest absolute Gasteiger partial charge is 0.337 e. The predicted molar refractivity (Wildman–Crippen MR) is 118 cm³/mol. The molecule has 7 heteroatoms. The zero-order valence-electron chi connectivity index (χ0n) is 16.9. The van der Waals surface area contributed by atoms with Crippen LogP contribution in [0.1, 0.15) is 34.9 Å². The van der Waals surface area contributed by atoms with Gasteiger partial charge in [0.25, 0.3) is 5.91 Å². The van der Waals surface area contributed by atoms with Gasteiger partial charge in [0.1, 0.15) is 5.69 Å². The summed E-state index contributed by atoms with van der Waals surface area (Å²) in [6.07, 6.45) is 3.41. The van der Waals surface area contributed by atoms with E-state index in [-0.39, 0.29) is 17.5 Å². The number of likely N-dealkylation sites (tertiary alicyclic amines) is 1. The molecule has 5 rings (SSSR count). The van der Waals surface area contributed by atoms with E-state index in [1.807, 2.05) is 54.6 Å². The molecule has 1 aliphatic heterocycles. The molecule has 0 atom stereocenters. The van der Waals surface area contributed by atoms with E-state index in [0.717, 1.165) is 29.9 Å². The van der Waals surface area contributed by atoms with E-state index in [1.54, 1.807) is 17.2 Å². The van der Waals surface area contributed by atoms with Gasteiger partial charge in [-0.05, 0) is 25.0 Å². The molecule has 0 radical (unpaired) electrons. The Morgan fingerprint density at radius 1 is 0.935 bits per heavy atom. The molecule has 1 saturated heterocycles. The number of amides is 1. The zero-order valence-corrected chi connectivity index (χ0v) is 16.9. The lowest BCUT2D eigenvalue weighted by Crippen LogP contribution is -2.39. The number of para-hydroxylation sites is 1. The van der Waals surface area contributed by atoms with Crippen molar-refractivity contribution in [3.8, 4) is 11.4 Å². The SMILES string of the molecule is O=C(c1nc(=O)[nH]c2ccccc12)N1CCC(c2ccnc(-c3ccccc3)n2)CC1. The first-order chi connectivity index (χ1) is 15.2. The van der Waals surface area contributed by atoms with Crippen LogP contribution in [-0.4, -0.2) is 43.8 Å². The van der Waals surface area contributed by atoms with Crippen molar-refractivity contribution < 1.29 is 4.79 Å². The van der Waals surface area contributed by atoms with Crippen LogP contribution < -0.4 is 5.69 Å². The summed E-state index contributed by atoms with van der Waals surface area (Å²) in [5.41, 5.74) is 2.32. The molecule has 1 amide bonds. The Bertz CT molecular complexity index is 1290. The van der Waals surface area contributed by atoms with Crippen molar-refractivity contribution in [3.05, 3.63) is 88.7 Å². The maximum Gasteiger partial charge on any atom is 0.346 e. The van der Waals surface area contributed by atoms with Crippen LogP contribution in [0.3, 0.4) is 0 Å². The topological polar surface area (TPSA) is 91.8 Å². The largest absolute Gasteiger partial charge is 0.346 e. The van der Waals surface area contributed by atoms with Crippen LogP contribution in [0.2, 0.25) is 0 Å². The normalized spacial score (nSPS) is 14.6. The van der Waals surface area contributed by atoms with E-state index >= 15 is 0 Å². The highest BCUT2D eigenvalue weighted by Gasteiger charge is 2.27. The number of aromatic nitrogens is 4. The van der Waals surface area contributed by atoms with Gasteiger partial charge < -0.3 is 9.88 Å². The molecule has 0 unspecified atom stereocenters. The molecule has 3 heterocycles. The lowest BCUT2D eigenvalue weighted by atomic mass is 9.93. The van der Waals surface area contributed by atoms with E-state index < -0.39 is 5.69 Å². The quantitative estimate of drug-likeness (QED) is 0.558. The van der Waals surface area contributed by atoms with E-state index in [1.165, 1.54) is 0 Å². The number of hydrogen-bond donors (Lipinski definition) is 1. The van der Waals surface area contributed by atoms with E-state index in [0.29, 0.717) is 24.0 Å². The van der Waals surface area contributed by atoms with Gasteiger partial charge in [-0.25, -0.2) is 14.8 Å². The molecule has 2 aromatic heterocycles. The lowest BCUT2D eigenvalue weighted by Gasteiger charge is -2.31. The molecule has 1 aliphatic rings. The third kappa shape index (κ3) is 3.82. The summed E-state index contributed by atoms with van der Waals surface area (Å²) in [5, 5.41) is 0.664. The number of nitrogens with zero attached hydrogens (tertiary/aromatic N) is 4. The molecular formula is C24H21N5O2. The standard InChI is InChI=1S/C24H21N5O2/c30-23(21-18-8-4-5-9-20(18)27-24(31)28-21)29-14-11-16(12-15-29)19-10-13-25-22(26-19)17-6-2-1-3-7-17/h1-10,13,16H,11-12,14-15H2,(H,27,28,31). The minimum absolute atomic E-state index is 0.201. The Kier molecular flexibility index (Phi) is 5.00. The maximum atomic E-state index is 13.1. The van der Waals surface area contributed by atoms with Gasteiger partial charge in [0, 0.05) is 41.8 Å². The lowest BCUT2D eigenvalue weighted by molar-refractivity contribution is 0.0708. The number of rotatable bonds is 3. The molecule has 0 bridgehead atoms. The molecular weight excluding hydrogens is 390 g/mol. The van der Waals surface area contributed by atoms with Crippen LogP contribution in [0.4, 0.5) is 0 Å². The fourth-order valence-electron chi connectivity index (χ4n) is 4.12. The van der Waals surface area contributed by atoms with E-state index in [2.05, 4.69) is 15.0 Å². The van der Waals surface area contributed by atoms with E-state index in [9.17, 15) is 9.59 Å². The van der Waals surface area contributed by atoms with Gasteiger partial charge in [0.2, 0.25) is 0 Å². The fraction of sp³-hybridized carbons (Fsp3) is 0.208. The minimum Gasteiger partial charge on any atom is -0.337 e.